The van der Waals surface area contributed by atoms with Crippen LogP contribution in [0.3, 0.4) is 0 Å². The van der Waals surface area contributed by atoms with Crippen LogP contribution in [0.5, 0.6) is 0 Å². The first-order valence-electron chi connectivity index (χ1n) is 23.3. The van der Waals surface area contributed by atoms with Gasteiger partial charge in [-0.2, -0.15) is 68.8 Å². The van der Waals surface area contributed by atoms with Crippen molar-refractivity contribution in [2.75, 3.05) is 0 Å². The van der Waals surface area contributed by atoms with Gasteiger partial charge in [0.05, 0.1) is 0 Å². The first-order chi connectivity index (χ1) is 29.0. The molecule has 0 N–H and O–H groups in total. The summed E-state index contributed by atoms with van der Waals surface area (Å²) in [6.07, 6.45) is 24.0. The number of hydrogen-bond donors (Lipinski definition) is 0. The summed E-state index contributed by atoms with van der Waals surface area (Å²) in [5.74, 6) is 0. The predicted molar refractivity (Wildman–Crippen MR) is 267 cm³/mol. The second-order valence-corrected chi connectivity index (χ2v) is 25.1. The van der Waals surface area contributed by atoms with E-state index >= 15 is 0 Å². The minimum atomic E-state index is 0. The summed E-state index contributed by atoms with van der Waals surface area (Å²) < 4.78 is 2.92. The Kier molecular flexibility index (Phi) is 26.8. The fourth-order valence-electron chi connectivity index (χ4n) is 8.15. The fraction of sp³-hybridized carbons (Fsp3) is 0.467. The minimum absolute atomic E-state index is 0. The molecule has 0 nitrogen and oxygen atoms in total. The van der Waals surface area contributed by atoms with E-state index in [0.717, 1.165) is 12.8 Å². The maximum atomic E-state index is 3.34. The Bertz CT molecular complexity index is 1910. The first-order valence-corrected chi connectivity index (χ1v) is 25.8. The van der Waals surface area contributed by atoms with Gasteiger partial charge < -0.3 is 24.8 Å². The van der Waals surface area contributed by atoms with Crippen molar-refractivity contribution in [1.82, 2.24) is 0 Å². The molecule has 0 bridgehead atoms. The van der Waals surface area contributed by atoms with Crippen molar-refractivity contribution in [2.45, 2.75) is 161 Å². The monoisotopic (exact) mass is 1050 g/mol. The minimum Gasteiger partial charge on any atom is -1.00 e. The molecule has 0 fully saturated rings. The van der Waals surface area contributed by atoms with E-state index in [2.05, 4.69) is 206 Å². The number of fused-ring (bicyclic) bond motifs is 2. The van der Waals surface area contributed by atoms with Crippen molar-refractivity contribution in [3.05, 3.63) is 177 Å². The van der Waals surface area contributed by atoms with E-state index < -0.39 is 0 Å². The molecular formula is C60H80Cl2Zr2-2. The van der Waals surface area contributed by atoms with Crippen LogP contribution < -0.4 is 24.8 Å². The Morgan fingerprint density at radius 2 is 0.766 bits per heavy atom. The Morgan fingerprint density at radius 1 is 0.453 bits per heavy atom. The summed E-state index contributed by atoms with van der Waals surface area (Å²) in [4.78, 5) is 0. The van der Waals surface area contributed by atoms with E-state index in [4.69, 9.17) is 0 Å². The number of rotatable bonds is 2. The van der Waals surface area contributed by atoms with Crippen LogP contribution in [0.15, 0.2) is 132 Å². The molecule has 8 rings (SSSR count). The Hall–Kier alpha value is -1.81. The van der Waals surface area contributed by atoms with E-state index in [-0.39, 0.29) is 35.6 Å². The van der Waals surface area contributed by atoms with Crippen molar-refractivity contribution < 1.29 is 73.3 Å². The third-order valence-corrected chi connectivity index (χ3v) is 13.3. The summed E-state index contributed by atoms with van der Waals surface area (Å²) in [6.45, 7) is 31.7. The van der Waals surface area contributed by atoms with Gasteiger partial charge in [0.15, 0.2) is 0 Å². The molecule has 64 heavy (non-hydrogen) atoms. The molecular weight excluding hydrogens is 974 g/mol. The molecule has 0 saturated heterocycles. The second kappa shape index (κ2) is 28.5. The summed E-state index contributed by atoms with van der Waals surface area (Å²) in [7, 11) is 0. The second-order valence-electron chi connectivity index (χ2n) is 21.4. The van der Waals surface area contributed by atoms with Gasteiger partial charge in [0.1, 0.15) is 0 Å². The molecule has 0 saturated carbocycles. The number of halogens is 2. The summed E-state index contributed by atoms with van der Waals surface area (Å²) >= 11 is 3.01. The normalized spacial score (nSPS) is 15.0. The van der Waals surface area contributed by atoms with Crippen molar-refractivity contribution in [1.29, 1.82) is 0 Å². The zero-order chi connectivity index (χ0) is 46.1. The fourth-order valence-corrected chi connectivity index (χ4v) is 8.97. The Labute approximate surface area is 435 Å². The molecule has 0 spiro atoms. The summed E-state index contributed by atoms with van der Waals surface area (Å²) in [5.41, 5.74) is 16.3. The maximum Gasteiger partial charge on any atom is -0.0512 e. The molecule has 0 heterocycles. The molecule has 4 aliphatic rings. The molecule has 0 aromatic heterocycles. The average Bonchev–Trinajstić information content (AvgIpc) is 4.06. The molecule has 0 amide bonds. The van der Waals surface area contributed by atoms with Crippen LogP contribution in [-0.4, -0.2) is 6.41 Å². The third kappa shape index (κ3) is 21.0. The zero-order valence-electron chi connectivity index (χ0n) is 42.2. The van der Waals surface area contributed by atoms with Crippen LogP contribution in [0.25, 0.3) is 0 Å². The molecule has 0 aliphatic heterocycles. The van der Waals surface area contributed by atoms with Crippen LogP contribution in [0.2, 0.25) is 0 Å². The standard InChI is InChI=1S/2C13H21.2C9H11.2C8H8.2ClH.2Zr/c2*1-12(2,3)10-8-7-9-11(10)13(4,5)6;2*1-2-5-9-7-3-6-8(9)4-1;2*1-2-8-6-4-3-5-7-8;;;;/h2*8H,9H2,1-6H3;2*3,6-7H,1-2,4-5H2;2*3-7H,1H3;2*1H;;/q4*-1;;;;;2*+2/p-2. The number of benzene rings is 2. The molecule has 4 aromatic carbocycles. The SMILES string of the molecule is CC(C)(C)C1=C(C(C)(C)C)C[C-]=C1.CC(C)(C)C1=C(C(C)(C)C)C[C-]=C1.C[C](=[Zr+2])c1ccccc1.C[C](=[Zr+2])c1ccccc1.[Cl-].[Cl-].c1cc2c([cH-]1)CCCC2.c1cc2c([cH-]1)CCCC2. The average molecular weight is 1050 g/mol. The smallest absolute Gasteiger partial charge is 0.0512 e. The van der Waals surface area contributed by atoms with Crippen LogP contribution in [-0.2, 0) is 74.2 Å². The van der Waals surface area contributed by atoms with E-state index in [1.54, 1.807) is 33.4 Å². The van der Waals surface area contributed by atoms with E-state index in [0.29, 0.717) is 10.8 Å². The Morgan fingerprint density at radius 3 is 1.00 bits per heavy atom. The molecule has 344 valence electrons. The quantitative estimate of drug-likeness (QED) is 0.176. The van der Waals surface area contributed by atoms with Crippen LogP contribution in [0, 0.1) is 33.8 Å². The van der Waals surface area contributed by atoms with Gasteiger partial charge in [0, 0.05) is 0 Å². The van der Waals surface area contributed by atoms with Gasteiger partial charge >= 0.3 is 141 Å². The van der Waals surface area contributed by atoms with Gasteiger partial charge in [-0.15, -0.1) is 12.8 Å². The van der Waals surface area contributed by atoms with Crippen LogP contribution in [0.1, 0.15) is 169 Å². The number of hydrogen-bond acceptors (Lipinski definition) is 0. The van der Waals surface area contributed by atoms with Gasteiger partial charge in [-0.05, 0) is 10.8 Å². The largest absolute Gasteiger partial charge is 1.00 e. The molecule has 0 atom stereocenters. The van der Waals surface area contributed by atoms with Gasteiger partial charge in [-0.3, -0.25) is 12.2 Å². The van der Waals surface area contributed by atoms with Crippen molar-refractivity contribution in [2.24, 2.45) is 21.7 Å². The van der Waals surface area contributed by atoms with Crippen molar-refractivity contribution in [3.63, 3.8) is 0 Å². The summed E-state index contributed by atoms with van der Waals surface area (Å²) in [6, 6.07) is 34.3. The molecule has 4 heteroatoms. The van der Waals surface area contributed by atoms with Gasteiger partial charge in [0.25, 0.3) is 0 Å². The molecule has 4 aromatic rings. The van der Waals surface area contributed by atoms with Crippen molar-refractivity contribution in [3.8, 4) is 0 Å². The number of allylic oxidation sites excluding steroid dienone is 8. The molecule has 4 aliphatic carbocycles. The van der Waals surface area contributed by atoms with Crippen LogP contribution in [0.4, 0.5) is 0 Å². The van der Waals surface area contributed by atoms with Gasteiger partial charge in [-0.25, -0.2) is 24.3 Å². The maximum absolute atomic E-state index is 3.34. The first kappa shape index (κ1) is 60.2. The predicted octanol–water partition coefficient (Wildman–Crippen LogP) is 10.4. The summed E-state index contributed by atoms with van der Waals surface area (Å²) in [5, 5.41) is 0. The topological polar surface area (TPSA) is 0 Å². The number of aryl methyl sites for hydroxylation is 4. The van der Waals surface area contributed by atoms with Crippen LogP contribution >= 0.6 is 0 Å². The van der Waals surface area contributed by atoms with Gasteiger partial charge in [0.2, 0.25) is 0 Å². The Balaban J connectivity index is 0.000000384. The van der Waals surface area contributed by atoms with E-state index in [1.165, 1.54) is 129 Å². The third-order valence-electron chi connectivity index (χ3n) is 11.8. The van der Waals surface area contributed by atoms with E-state index in [9.17, 15) is 0 Å². The zero-order valence-corrected chi connectivity index (χ0v) is 48.6. The molecule has 0 unspecified atom stereocenters. The van der Waals surface area contributed by atoms with E-state index in [1.807, 2.05) is 12.1 Å². The molecule has 0 radical (unpaired) electrons. The van der Waals surface area contributed by atoms with Gasteiger partial charge in [-0.1, -0.05) is 145 Å². The van der Waals surface area contributed by atoms with Crippen molar-refractivity contribution >= 4 is 6.41 Å².